The zero-order valence-electron chi connectivity index (χ0n) is 9.79. The molecule has 17 heavy (non-hydrogen) atoms. The summed E-state index contributed by atoms with van der Waals surface area (Å²) in [6, 6.07) is 5.94. The number of benzene rings is 1. The van der Waals surface area contributed by atoms with Crippen LogP contribution >= 0.6 is 0 Å². The molecule has 4 nitrogen and oxygen atoms in total. The van der Waals surface area contributed by atoms with Gasteiger partial charge in [-0.3, -0.25) is 9.59 Å². The summed E-state index contributed by atoms with van der Waals surface area (Å²) < 4.78 is 4.58. The Labute approximate surface area is 100.0 Å². The summed E-state index contributed by atoms with van der Waals surface area (Å²) >= 11 is 0. The molecule has 2 rings (SSSR count). The van der Waals surface area contributed by atoms with Gasteiger partial charge in [0.25, 0.3) is 0 Å². The number of hydrogen-bond donors (Lipinski definition) is 1. The van der Waals surface area contributed by atoms with Crippen LogP contribution in [0.3, 0.4) is 0 Å². The minimum Gasteiger partial charge on any atom is -0.469 e. The lowest BCUT2D eigenvalue weighted by Gasteiger charge is -2.04. The number of anilines is 1. The molecular formula is C13H15NO3. The second-order valence-electron chi connectivity index (χ2n) is 4.15. The van der Waals surface area contributed by atoms with Gasteiger partial charge in [0, 0.05) is 12.1 Å². The Morgan fingerprint density at radius 3 is 3.06 bits per heavy atom. The van der Waals surface area contributed by atoms with Crippen molar-refractivity contribution in [3.05, 3.63) is 29.3 Å². The third-order valence-corrected chi connectivity index (χ3v) is 2.87. The Bertz CT molecular complexity index is 454. The zero-order chi connectivity index (χ0) is 12.3. The van der Waals surface area contributed by atoms with Crippen molar-refractivity contribution < 1.29 is 14.3 Å². The normalized spacial score (nSPS) is 13.1. The molecule has 0 fully saturated rings. The summed E-state index contributed by atoms with van der Waals surface area (Å²) in [6.45, 7) is 0. The average Bonchev–Trinajstić information content (AvgIpc) is 2.68. The van der Waals surface area contributed by atoms with Gasteiger partial charge in [-0.25, -0.2) is 0 Å². The summed E-state index contributed by atoms with van der Waals surface area (Å²) in [4.78, 5) is 22.1. The first-order valence-corrected chi connectivity index (χ1v) is 5.67. The Morgan fingerprint density at radius 2 is 2.29 bits per heavy atom. The number of ether oxygens (including phenoxy) is 1. The van der Waals surface area contributed by atoms with Crippen LogP contribution in [0.1, 0.15) is 24.0 Å². The molecule has 1 heterocycles. The van der Waals surface area contributed by atoms with Crippen LogP contribution in [0.5, 0.6) is 0 Å². The lowest BCUT2D eigenvalue weighted by Crippen LogP contribution is -2.03. The lowest BCUT2D eigenvalue weighted by atomic mass is 10.0. The van der Waals surface area contributed by atoms with Crippen molar-refractivity contribution in [1.82, 2.24) is 0 Å². The second kappa shape index (κ2) is 4.99. The molecule has 4 heteroatoms. The fraction of sp³-hybridized carbons (Fsp3) is 0.385. The number of carbonyl (C=O) groups is 2. The molecule has 0 bridgehead atoms. The molecule has 1 aromatic carbocycles. The van der Waals surface area contributed by atoms with E-state index in [9.17, 15) is 9.59 Å². The Hall–Kier alpha value is -1.84. The van der Waals surface area contributed by atoms with E-state index in [2.05, 4.69) is 10.1 Å². The van der Waals surface area contributed by atoms with Gasteiger partial charge in [-0.15, -0.1) is 0 Å². The number of carbonyl (C=O) groups excluding carboxylic acids is 2. The predicted octanol–water partition coefficient (Wildman–Crippen LogP) is 1.68. The lowest BCUT2D eigenvalue weighted by molar-refractivity contribution is -0.140. The second-order valence-corrected chi connectivity index (χ2v) is 4.15. The maximum Gasteiger partial charge on any atom is 0.305 e. The van der Waals surface area contributed by atoms with Crippen LogP contribution in [0.25, 0.3) is 0 Å². The number of amides is 1. The van der Waals surface area contributed by atoms with Gasteiger partial charge in [0.05, 0.1) is 13.5 Å². The summed E-state index contributed by atoms with van der Waals surface area (Å²) in [5.74, 6) is -0.130. The van der Waals surface area contributed by atoms with Crippen molar-refractivity contribution in [2.24, 2.45) is 0 Å². The van der Waals surface area contributed by atoms with Crippen molar-refractivity contribution in [3.8, 4) is 0 Å². The van der Waals surface area contributed by atoms with E-state index in [0.717, 1.165) is 29.7 Å². The molecule has 0 unspecified atom stereocenters. The molecule has 0 spiro atoms. The molecule has 1 aliphatic rings. The number of nitrogens with one attached hydrogen (secondary N) is 1. The van der Waals surface area contributed by atoms with Gasteiger partial charge in [0.2, 0.25) is 5.91 Å². The minimum absolute atomic E-state index is 0.0479. The van der Waals surface area contributed by atoms with E-state index in [1.54, 1.807) is 0 Å². The molecule has 0 radical (unpaired) electrons. The maximum absolute atomic E-state index is 11.2. The molecule has 0 atom stereocenters. The minimum atomic E-state index is -0.178. The van der Waals surface area contributed by atoms with Gasteiger partial charge in [0.1, 0.15) is 0 Å². The highest BCUT2D eigenvalue weighted by atomic mass is 16.5. The SMILES string of the molecule is COC(=O)CCCc1ccc2c(c1)CC(=O)N2. The van der Waals surface area contributed by atoms with Gasteiger partial charge in [0.15, 0.2) is 0 Å². The number of fused-ring (bicyclic) bond motifs is 1. The fourth-order valence-electron chi connectivity index (χ4n) is 1.98. The Morgan fingerprint density at radius 1 is 1.47 bits per heavy atom. The van der Waals surface area contributed by atoms with Gasteiger partial charge in [-0.1, -0.05) is 12.1 Å². The van der Waals surface area contributed by atoms with Gasteiger partial charge in [-0.05, 0) is 30.0 Å². The molecule has 0 saturated carbocycles. The highest BCUT2D eigenvalue weighted by molar-refractivity contribution is 5.99. The number of hydrogen-bond acceptors (Lipinski definition) is 3. The van der Waals surface area contributed by atoms with E-state index < -0.39 is 0 Å². The monoisotopic (exact) mass is 233 g/mol. The smallest absolute Gasteiger partial charge is 0.305 e. The van der Waals surface area contributed by atoms with Gasteiger partial charge in [-0.2, -0.15) is 0 Å². The van der Waals surface area contributed by atoms with E-state index in [1.165, 1.54) is 7.11 Å². The summed E-state index contributed by atoms with van der Waals surface area (Å²) in [5, 5.41) is 2.79. The standard InChI is InChI=1S/C13H15NO3/c1-17-13(16)4-2-3-9-5-6-11-10(7-9)8-12(15)14-11/h5-7H,2-4,8H2,1H3,(H,14,15). The van der Waals surface area contributed by atoms with Crippen molar-refractivity contribution >= 4 is 17.6 Å². The van der Waals surface area contributed by atoms with Crippen molar-refractivity contribution in [3.63, 3.8) is 0 Å². The molecular weight excluding hydrogens is 218 g/mol. The molecule has 0 aromatic heterocycles. The van der Waals surface area contributed by atoms with Crippen LogP contribution in [-0.2, 0) is 27.2 Å². The summed E-state index contributed by atoms with van der Waals surface area (Å²) in [7, 11) is 1.40. The molecule has 90 valence electrons. The Balaban J connectivity index is 1.93. The van der Waals surface area contributed by atoms with Crippen LogP contribution in [0, 0.1) is 0 Å². The van der Waals surface area contributed by atoms with Crippen LogP contribution in [0.4, 0.5) is 5.69 Å². The zero-order valence-corrected chi connectivity index (χ0v) is 9.79. The largest absolute Gasteiger partial charge is 0.469 e. The predicted molar refractivity (Wildman–Crippen MR) is 63.7 cm³/mol. The molecule has 1 N–H and O–H groups in total. The molecule has 1 aromatic rings. The molecule has 1 amide bonds. The van der Waals surface area contributed by atoms with Crippen molar-refractivity contribution in [2.75, 3.05) is 12.4 Å². The third kappa shape index (κ3) is 2.84. The van der Waals surface area contributed by atoms with Gasteiger partial charge < -0.3 is 10.1 Å². The third-order valence-electron chi connectivity index (χ3n) is 2.87. The number of aryl methyl sites for hydroxylation is 1. The summed E-state index contributed by atoms with van der Waals surface area (Å²) in [5.41, 5.74) is 3.11. The Kier molecular flexibility index (Phi) is 3.42. The van der Waals surface area contributed by atoms with Crippen molar-refractivity contribution in [2.45, 2.75) is 25.7 Å². The van der Waals surface area contributed by atoms with E-state index in [0.29, 0.717) is 12.8 Å². The first-order chi connectivity index (χ1) is 8.19. The molecule has 0 aliphatic carbocycles. The highest BCUT2D eigenvalue weighted by Gasteiger charge is 2.17. The fourth-order valence-corrected chi connectivity index (χ4v) is 1.98. The maximum atomic E-state index is 11.2. The van der Waals surface area contributed by atoms with Crippen LogP contribution < -0.4 is 5.32 Å². The van der Waals surface area contributed by atoms with E-state index in [4.69, 9.17) is 0 Å². The quantitative estimate of drug-likeness (QED) is 0.805. The topological polar surface area (TPSA) is 55.4 Å². The molecule has 0 saturated heterocycles. The summed E-state index contributed by atoms with van der Waals surface area (Å²) in [6.07, 6.45) is 2.49. The number of methoxy groups -OCH3 is 1. The van der Waals surface area contributed by atoms with Crippen LogP contribution in [0.15, 0.2) is 18.2 Å². The van der Waals surface area contributed by atoms with Crippen molar-refractivity contribution in [1.29, 1.82) is 0 Å². The highest BCUT2D eigenvalue weighted by Crippen LogP contribution is 2.24. The van der Waals surface area contributed by atoms with E-state index >= 15 is 0 Å². The van der Waals surface area contributed by atoms with Gasteiger partial charge >= 0.3 is 5.97 Å². The van der Waals surface area contributed by atoms with E-state index in [-0.39, 0.29) is 11.9 Å². The number of rotatable bonds is 4. The van der Waals surface area contributed by atoms with E-state index in [1.807, 2.05) is 18.2 Å². The van der Waals surface area contributed by atoms with Crippen LogP contribution in [0.2, 0.25) is 0 Å². The first-order valence-electron chi connectivity index (χ1n) is 5.67. The van der Waals surface area contributed by atoms with Crippen LogP contribution in [-0.4, -0.2) is 19.0 Å². The number of esters is 1. The average molecular weight is 233 g/mol. The molecule has 1 aliphatic heterocycles. The first kappa shape index (κ1) is 11.6.